The van der Waals surface area contributed by atoms with Gasteiger partial charge in [0, 0.05) is 20.7 Å². The predicted molar refractivity (Wildman–Crippen MR) is 64.2 cm³/mol. The van der Waals surface area contributed by atoms with Crippen molar-refractivity contribution in [2.24, 2.45) is 0 Å². The molecule has 0 saturated carbocycles. The van der Waals surface area contributed by atoms with E-state index in [9.17, 15) is 21.6 Å². The van der Waals surface area contributed by atoms with E-state index in [4.69, 9.17) is 15.4 Å². The van der Waals surface area contributed by atoms with Gasteiger partial charge >= 0.3 is 6.18 Å². The van der Waals surface area contributed by atoms with Crippen molar-refractivity contribution in [3.63, 3.8) is 0 Å². The fraction of sp³-hybridized carbons (Fsp3) is 0.333. The van der Waals surface area contributed by atoms with Crippen molar-refractivity contribution < 1.29 is 26.3 Å². The van der Waals surface area contributed by atoms with Crippen molar-refractivity contribution in [1.29, 1.82) is 0 Å². The molecular formula is C9H7BrClF3O3S. The second kappa shape index (κ2) is 5.26. The summed E-state index contributed by atoms with van der Waals surface area (Å²) in [6, 6.07) is 1.50. The van der Waals surface area contributed by atoms with Crippen LogP contribution in [0.25, 0.3) is 0 Å². The summed E-state index contributed by atoms with van der Waals surface area (Å²) in [7, 11) is 2.32. The quantitative estimate of drug-likeness (QED) is 0.768. The van der Waals surface area contributed by atoms with Crippen LogP contribution in [0.5, 0.6) is 5.75 Å². The van der Waals surface area contributed by atoms with Crippen LogP contribution in [-0.2, 0) is 21.0 Å². The molecule has 0 atom stereocenters. The Labute approximate surface area is 114 Å². The lowest BCUT2D eigenvalue weighted by atomic mass is 10.1. The molecule has 0 aliphatic rings. The monoisotopic (exact) mass is 366 g/mol. The normalized spacial score (nSPS) is 12.6. The summed E-state index contributed by atoms with van der Waals surface area (Å²) in [5.41, 5.74) is -0.901. The van der Waals surface area contributed by atoms with Gasteiger partial charge in [-0.2, -0.15) is 13.2 Å². The average Bonchev–Trinajstić information content (AvgIpc) is 2.17. The second-order valence-electron chi connectivity index (χ2n) is 3.32. The first kappa shape index (κ1) is 15.6. The molecule has 0 unspecified atom stereocenters. The first-order valence-electron chi connectivity index (χ1n) is 4.40. The Morgan fingerprint density at radius 1 is 1.39 bits per heavy atom. The molecule has 1 aromatic carbocycles. The van der Waals surface area contributed by atoms with Gasteiger partial charge < -0.3 is 4.74 Å². The standard InChI is InChI=1S/C9H7BrClF3O3S/c1-17-8-3-5(9(12,13)14)2-7(10)6(8)4-18(11,15)16/h2-3H,4H2,1H3. The van der Waals surface area contributed by atoms with E-state index < -0.39 is 26.5 Å². The maximum absolute atomic E-state index is 12.5. The van der Waals surface area contributed by atoms with Crippen LogP contribution >= 0.6 is 26.6 Å². The average molecular weight is 368 g/mol. The van der Waals surface area contributed by atoms with E-state index in [2.05, 4.69) is 15.9 Å². The van der Waals surface area contributed by atoms with Gasteiger partial charge in [-0.15, -0.1) is 0 Å². The molecule has 0 aliphatic heterocycles. The number of hydrogen-bond donors (Lipinski definition) is 0. The summed E-state index contributed by atoms with van der Waals surface area (Å²) >= 11 is 2.88. The van der Waals surface area contributed by atoms with E-state index in [0.29, 0.717) is 0 Å². The molecule has 0 spiro atoms. The summed E-state index contributed by atoms with van der Waals surface area (Å²) in [4.78, 5) is 0. The molecule has 1 rings (SSSR count). The molecule has 102 valence electrons. The first-order valence-corrected chi connectivity index (χ1v) is 7.67. The van der Waals surface area contributed by atoms with Gasteiger partial charge in [0.2, 0.25) is 9.05 Å². The summed E-state index contributed by atoms with van der Waals surface area (Å²) in [6.45, 7) is 0. The molecule has 0 heterocycles. The van der Waals surface area contributed by atoms with Crippen molar-refractivity contribution in [3.05, 3.63) is 27.7 Å². The van der Waals surface area contributed by atoms with Crippen LogP contribution in [0, 0.1) is 0 Å². The smallest absolute Gasteiger partial charge is 0.416 e. The van der Waals surface area contributed by atoms with Crippen LogP contribution in [0.1, 0.15) is 11.1 Å². The van der Waals surface area contributed by atoms with Crippen molar-refractivity contribution >= 4 is 35.7 Å². The van der Waals surface area contributed by atoms with Gasteiger partial charge in [-0.3, -0.25) is 0 Å². The van der Waals surface area contributed by atoms with E-state index in [1.807, 2.05) is 0 Å². The molecule has 0 saturated heterocycles. The predicted octanol–water partition coefficient (Wildman–Crippen LogP) is 3.55. The fourth-order valence-corrected chi connectivity index (χ4v) is 3.01. The molecular weight excluding hydrogens is 361 g/mol. The zero-order valence-corrected chi connectivity index (χ0v) is 12.0. The van der Waals surface area contributed by atoms with Crippen LogP contribution in [0.4, 0.5) is 13.2 Å². The Morgan fingerprint density at radius 3 is 2.33 bits per heavy atom. The molecule has 1 aromatic rings. The Bertz CT molecular complexity index is 557. The summed E-state index contributed by atoms with van der Waals surface area (Å²) in [5.74, 6) is -0.822. The highest BCUT2D eigenvalue weighted by molar-refractivity contribution is 9.10. The summed E-state index contributed by atoms with van der Waals surface area (Å²) in [5, 5.41) is 0. The lowest BCUT2D eigenvalue weighted by Crippen LogP contribution is -2.08. The zero-order valence-electron chi connectivity index (χ0n) is 8.88. The van der Waals surface area contributed by atoms with Crippen LogP contribution in [0.2, 0.25) is 0 Å². The molecule has 0 N–H and O–H groups in total. The highest BCUT2D eigenvalue weighted by Crippen LogP contribution is 2.38. The molecule has 3 nitrogen and oxygen atoms in total. The minimum absolute atomic E-state index is 0.0293. The maximum atomic E-state index is 12.5. The van der Waals surface area contributed by atoms with E-state index >= 15 is 0 Å². The summed E-state index contributed by atoms with van der Waals surface area (Å²) < 4.78 is 64.3. The van der Waals surface area contributed by atoms with E-state index in [1.54, 1.807) is 0 Å². The number of hydrogen-bond acceptors (Lipinski definition) is 3. The molecule has 0 radical (unpaired) electrons. The third-order valence-electron chi connectivity index (χ3n) is 2.02. The highest BCUT2D eigenvalue weighted by Gasteiger charge is 2.32. The maximum Gasteiger partial charge on any atom is 0.416 e. The molecule has 0 bridgehead atoms. The molecule has 9 heteroatoms. The lowest BCUT2D eigenvalue weighted by Gasteiger charge is -2.14. The topological polar surface area (TPSA) is 43.4 Å². The Balaban J connectivity index is 3.38. The summed E-state index contributed by atoms with van der Waals surface area (Å²) in [6.07, 6.45) is -4.55. The number of rotatable bonds is 3. The van der Waals surface area contributed by atoms with Crippen LogP contribution in [-0.4, -0.2) is 15.5 Å². The number of halogens is 5. The molecule has 0 amide bonds. The van der Waals surface area contributed by atoms with Crippen molar-refractivity contribution in [2.45, 2.75) is 11.9 Å². The number of alkyl halides is 3. The number of benzene rings is 1. The van der Waals surface area contributed by atoms with Crippen molar-refractivity contribution in [2.75, 3.05) is 7.11 Å². The van der Waals surface area contributed by atoms with Crippen LogP contribution in [0.3, 0.4) is 0 Å². The highest BCUT2D eigenvalue weighted by atomic mass is 79.9. The van der Waals surface area contributed by atoms with Gasteiger partial charge in [0.25, 0.3) is 0 Å². The number of ether oxygens (including phenoxy) is 1. The first-order chi connectivity index (χ1) is 8.04. The van der Waals surface area contributed by atoms with Gasteiger partial charge in [-0.05, 0) is 12.1 Å². The second-order valence-corrected chi connectivity index (χ2v) is 6.95. The van der Waals surface area contributed by atoms with Gasteiger partial charge in [0.15, 0.2) is 0 Å². The Kier molecular flexibility index (Phi) is 4.56. The molecule has 0 fully saturated rings. The van der Waals surface area contributed by atoms with Gasteiger partial charge in [-0.25, -0.2) is 8.42 Å². The third-order valence-corrected chi connectivity index (χ3v) is 3.69. The zero-order chi connectivity index (χ0) is 14.1. The van der Waals surface area contributed by atoms with E-state index in [0.717, 1.165) is 19.2 Å². The Hall–Kier alpha value is -0.470. The molecule has 18 heavy (non-hydrogen) atoms. The van der Waals surface area contributed by atoms with Gasteiger partial charge in [0.05, 0.1) is 18.4 Å². The van der Waals surface area contributed by atoms with Crippen molar-refractivity contribution in [3.8, 4) is 5.75 Å². The minimum Gasteiger partial charge on any atom is -0.496 e. The van der Waals surface area contributed by atoms with Gasteiger partial charge in [0.1, 0.15) is 5.75 Å². The van der Waals surface area contributed by atoms with Crippen molar-refractivity contribution in [1.82, 2.24) is 0 Å². The molecule has 0 aromatic heterocycles. The lowest BCUT2D eigenvalue weighted by molar-refractivity contribution is -0.137. The van der Waals surface area contributed by atoms with E-state index in [1.165, 1.54) is 0 Å². The Morgan fingerprint density at radius 2 is 1.94 bits per heavy atom. The molecule has 0 aliphatic carbocycles. The minimum atomic E-state index is -4.55. The van der Waals surface area contributed by atoms with Crippen LogP contribution in [0.15, 0.2) is 16.6 Å². The third kappa shape index (κ3) is 4.03. The fourth-order valence-electron chi connectivity index (χ4n) is 1.27. The van der Waals surface area contributed by atoms with E-state index in [-0.39, 0.29) is 15.8 Å². The van der Waals surface area contributed by atoms with Gasteiger partial charge in [-0.1, -0.05) is 15.9 Å². The SMILES string of the molecule is COc1cc(C(F)(F)F)cc(Br)c1CS(=O)(=O)Cl. The van der Waals surface area contributed by atoms with Crippen LogP contribution < -0.4 is 4.74 Å². The largest absolute Gasteiger partial charge is 0.496 e. The number of methoxy groups -OCH3 is 1.